The Kier molecular flexibility index (Phi) is 2.93. The van der Waals surface area contributed by atoms with E-state index in [2.05, 4.69) is 6.92 Å². The summed E-state index contributed by atoms with van der Waals surface area (Å²) < 4.78 is 30.3. The van der Waals surface area contributed by atoms with Crippen LogP contribution in [-0.4, -0.2) is 49.1 Å². The minimum absolute atomic E-state index is 0.315. The van der Waals surface area contributed by atoms with E-state index >= 15 is 0 Å². The molecule has 3 saturated heterocycles. The molecule has 6 heteroatoms. The summed E-state index contributed by atoms with van der Waals surface area (Å²) in [6.45, 7) is 4.75. The number of hydrogen-bond acceptors (Lipinski definition) is 6. The zero-order valence-electron chi connectivity index (χ0n) is 14.8. The summed E-state index contributed by atoms with van der Waals surface area (Å²) in [7, 11) is 0. The third kappa shape index (κ3) is 1.87. The minimum atomic E-state index is -0.652. The second kappa shape index (κ2) is 4.77. The summed E-state index contributed by atoms with van der Waals surface area (Å²) in [5.41, 5.74) is 0.454. The average Bonchev–Trinajstić information content (AvgIpc) is 3.14. The largest absolute Gasteiger partial charge is 0.454 e. The van der Waals surface area contributed by atoms with Crippen LogP contribution in [0.3, 0.4) is 0 Å². The van der Waals surface area contributed by atoms with Crippen molar-refractivity contribution in [2.75, 3.05) is 6.61 Å². The smallest absolute Gasteiger partial charge is 0.338 e. The predicted octanol–water partition coefficient (Wildman–Crippen LogP) is 2.00. The second-order valence-corrected chi connectivity index (χ2v) is 9.32. The lowest BCUT2D eigenvalue weighted by Crippen LogP contribution is -2.61. The van der Waals surface area contributed by atoms with Gasteiger partial charge in [0.2, 0.25) is 0 Å². The Bertz CT molecular complexity index is 603. The quantitative estimate of drug-likeness (QED) is 0.710. The lowest BCUT2D eigenvalue weighted by atomic mass is 9.48. The number of hydrogen-bond donors (Lipinski definition) is 0. The van der Waals surface area contributed by atoms with E-state index in [1.807, 2.05) is 6.92 Å². The third-order valence-electron chi connectivity index (χ3n) is 7.59. The van der Waals surface area contributed by atoms with Crippen LogP contribution in [-0.2, 0) is 28.5 Å². The van der Waals surface area contributed by atoms with Gasteiger partial charge >= 0.3 is 5.97 Å². The molecule has 0 radical (unpaired) electrons. The number of ether oxygens (including phenoxy) is 5. The van der Waals surface area contributed by atoms with Crippen LogP contribution in [0.2, 0.25) is 0 Å². The molecule has 0 aromatic rings. The zero-order chi connectivity index (χ0) is 17.0. The molecule has 4 bridgehead atoms. The lowest BCUT2D eigenvalue weighted by molar-refractivity contribution is -0.333. The molecule has 4 saturated carbocycles. The Balaban J connectivity index is 1.27. The van der Waals surface area contributed by atoms with Crippen LogP contribution in [0.15, 0.2) is 0 Å². The van der Waals surface area contributed by atoms with Crippen LogP contribution in [0.5, 0.6) is 0 Å². The van der Waals surface area contributed by atoms with Crippen LogP contribution in [0.25, 0.3) is 0 Å². The summed E-state index contributed by atoms with van der Waals surface area (Å²) in [4.78, 5) is 12.1. The van der Waals surface area contributed by atoms with E-state index < -0.39 is 30.4 Å². The third-order valence-corrected chi connectivity index (χ3v) is 7.59. The minimum Gasteiger partial charge on any atom is -0.454 e. The second-order valence-electron chi connectivity index (χ2n) is 9.32. The molecule has 0 N–H and O–H groups in total. The van der Waals surface area contributed by atoms with Gasteiger partial charge in [0.1, 0.15) is 6.10 Å². The standard InChI is InChI=1S/C19H26O6/c1-3-21-14-12-13(22-16(14)20)15-17(23-12)25-19(24-15)10-4-9-5-11(19)8-18(2,6-9)7-10/h9-15,17H,3-8H2,1-2H3. The number of esters is 1. The van der Waals surface area contributed by atoms with Crippen molar-refractivity contribution in [3.8, 4) is 0 Å². The van der Waals surface area contributed by atoms with E-state index in [-0.39, 0.29) is 12.1 Å². The Hall–Kier alpha value is -0.690. The van der Waals surface area contributed by atoms with Gasteiger partial charge < -0.3 is 23.7 Å². The van der Waals surface area contributed by atoms with E-state index in [4.69, 9.17) is 23.7 Å². The molecule has 1 spiro atoms. The molecule has 6 nitrogen and oxygen atoms in total. The first-order valence-corrected chi connectivity index (χ1v) is 9.84. The van der Waals surface area contributed by atoms with Gasteiger partial charge in [0, 0.05) is 18.4 Å². The summed E-state index contributed by atoms with van der Waals surface area (Å²) in [6.07, 6.45) is 3.89. The molecule has 3 heterocycles. The monoisotopic (exact) mass is 350 g/mol. The fourth-order valence-electron chi connectivity index (χ4n) is 7.05. The van der Waals surface area contributed by atoms with Crippen molar-refractivity contribution in [2.45, 2.75) is 82.4 Å². The normalized spacial score (nSPS) is 61.0. The van der Waals surface area contributed by atoms with Gasteiger partial charge in [-0.05, 0) is 50.4 Å². The molecule has 0 aromatic carbocycles. The summed E-state index contributed by atoms with van der Waals surface area (Å²) in [5, 5.41) is 0. The molecule has 138 valence electrons. The molecule has 3 aliphatic heterocycles. The Morgan fingerprint density at radius 2 is 1.84 bits per heavy atom. The van der Waals surface area contributed by atoms with Crippen molar-refractivity contribution >= 4 is 5.97 Å². The topological polar surface area (TPSA) is 63.2 Å². The Morgan fingerprint density at radius 1 is 1.08 bits per heavy atom. The summed E-state index contributed by atoms with van der Waals surface area (Å²) >= 11 is 0. The highest BCUT2D eigenvalue weighted by molar-refractivity contribution is 5.78. The molecule has 25 heavy (non-hydrogen) atoms. The van der Waals surface area contributed by atoms with Gasteiger partial charge in [-0.25, -0.2) is 4.79 Å². The molecular formula is C19H26O6. The maximum Gasteiger partial charge on any atom is 0.338 e. The van der Waals surface area contributed by atoms with Gasteiger partial charge in [-0.1, -0.05) is 6.92 Å². The maximum absolute atomic E-state index is 12.1. The molecule has 0 amide bonds. The fourth-order valence-corrected chi connectivity index (χ4v) is 7.05. The van der Waals surface area contributed by atoms with Gasteiger partial charge in [-0.15, -0.1) is 0 Å². The van der Waals surface area contributed by atoms with Gasteiger partial charge in [-0.2, -0.15) is 0 Å². The fraction of sp³-hybridized carbons (Fsp3) is 0.947. The van der Waals surface area contributed by atoms with E-state index in [1.54, 1.807) is 0 Å². The lowest BCUT2D eigenvalue weighted by Gasteiger charge is -2.62. The maximum atomic E-state index is 12.1. The van der Waals surface area contributed by atoms with Crippen LogP contribution in [0.1, 0.15) is 46.0 Å². The SMILES string of the molecule is CCOC1C(=O)OC2C3OC4(OC3OC12)C1CC2CC4CC(C)(C2)C1. The molecule has 4 aliphatic carbocycles. The molecular weight excluding hydrogens is 324 g/mol. The first-order chi connectivity index (χ1) is 12.0. The van der Waals surface area contributed by atoms with Crippen molar-refractivity contribution in [1.82, 2.24) is 0 Å². The Labute approximate surface area is 147 Å². The van der Waals surface area contributed by atoms with E-state index in [0.29, 0.717) is 23.9 Å². The van der Waals surface area contributed by atoms with Gasteiger partial charge in [0.05, 0.1) is 0 Å². The highest BCUT2D eigenvalue weighted by Gasteiger charge is 2.71. The van der Waals surface area contributed by atoms with Gasteiger partial charge in [0.15, 0.2) is 30.4 Å². The first kappa shape index (κ1) is 15.4. The van der Waals surface area contributed by atoms with Gasteiger partial charge in [-0.3, -0.25) is 0 Å². The molecule has 7 aliphatic rings. The van der Waals surface area contributed by atoms with E-state index in [0.717, 1.165) is 5.92 Å². The predicted molar refractivity (Wildman–Crippen MR) is 84.3 cm³/mol. The van der Waals surface area contributed by atoms with Crippen molar-refractivity contribution in [1.29, 1.82) is 0 Å². The number of carbonyl (C=O) groups is 1. The van der Waals surface area contributed by atoms with Crippen LogP contribution in [0, 0.1) is 23.2 Å². The van der Waals surface area contributed by atoms with Crippen molar-refractivity contribution in [2.24, 2.45) is 23.2 Å². The highest BCUT2D eigenvalue weighted by Crippen LogP contribution is 2.67. The Morgan fingerprint density at radius 3 is 2.52 bits per heavy atom. The van der Waals surface area contributed by atoms with Gasteiger partial charge in [0.25, 0.3) is 0 Å². The zero-order valence-corrected chi connectivity index (χ0v) is 14.8. The highest BCUT2D eigenvalue weighted by atomic mass is 16.9. The molecule has 7 rings (SSSR count). The van der Waals surface area contributed by atoms with Crippen LogP contribution in [0.4, 0.5) is 0 Å². The molecule has 7 unspecified atom stereocenters. The summed E-state index contributed by atoms with van der Waals surface area (Å²) in [5.74, 6) is 0.846. The van der Waals surface area contributed by atoms with Crippen LogP contribution >= 0.6 is 0 Å². The molecule has 7 atom stereocenters. The van der Waals surface area contributed by atoms with E-state index in [9.17, 15) is 4.79 Å². The first-order valence-electron chi connectivity index (χ1n) is 9.84. The van der Waals surface area contributed by atoms with Crippen molar-refractivity contribution in [3.63, 3.8) is 0 Å². The number of carbonyl (C=O) groups excluding carboxylic acids is 1. The van der Waals surface area contributed by atoms with Crippen molar-refractivity contribution < 1.29 is 28.5 Å². The summed E-state index contributed by atoms with van der Waals surface area (Å²) in [6, 6.07) is 0. The van der Waals surface area contributed by atoms with Crippen molar-refractivity contribution in [3.05, 3.63) is 0 Å². The molecule has 0 aromatic heterocycles. The molecule has 7 fully saturated rings. The van der Waals surface area contributed by atoms with Crippen LogP contribution < -0.4 is 0 Å². The number of rotatable bonds is 2. The number of fused-ring (bicyclic) bond motifs is 3. The average molecular weight is 350 g/mol. The van der Waals surface area contributed by atoms with E-state index in [1.165, 1.54) is 32.1 Å².